The van der Waals surface area contributed by atoms with Gasteiger partial charge in [-0.25, -0.2) is 4.98 Å². The molecule has 0 aliphatic carbocycles. The number of aliphatic hydroxyl groups is 1. The fourth-order valence-electron chi connectivity index (χ4n) is 3.76. The Morgan fingerprint density at radius 1 is 1.03 bits per heavy atom. The number of aromatic amines is 1. The van der Waals surface area contributed by atoms with Crippen molar-refractivity contribution < 1.29 is 24.1 Å². The molecule has 4 aromatic rings. The van der Waals surface area contributed by atoms with Crippen LogP contribution in [0.15, 0.2) is 42.5 Å². The predicted molar refractivity (Wildman–Crippen MR) is 123 cm³/mol. The molecule has 166 valence electrons. The van der Waals surface area contributed by atoms with Crippen molar-refractivity contribution in [3.05, 3.63) is 48.2 Å². The molecule has 32 heavy (non-hydrogen) atoms. The van der Waals surface area contributed by atoms with Crippen molar-refractivity contribution in [2.45, 2.75) is 6.42 Å². The minimum atomic E-state index is -0.306. The molecule has 2 aromatic heterocycles. The standard InChI is InChI=1S/C24H25N3O5/c1-30-19-11-14(12-20(31-2)23(19)32-3)21-22-16(15-7-4-5-8-17(15)26-22)13-18(27-21)24(29)25-9-6-10-28/h4-5,7-8,11-13,26,28H,6,9-10H2,1-3H3,(H,25,29). The fraction of sp³-hybridized carbons (Fsp3) is 0.250. The Labute approximate surface area is 185 Å². The Morgan fingerprint density at radius 2 is 1.75 bits per heavy atom. The topological polar surface area (TPSA) is 106 Å². The number of nitrogens with one attached hydrogen (secondary N) is 2. The first-order valence-corrected chi connectivity index (χ1v) is 10.2. The maximum atomic E-state index is 12.8. The van der Waals surface area contributed by atoms with E-state index in [1.165, 1.54) is 0 Å². The van der Waals surface area contributed by atoms with Gasteiger partial charge in [-0.2, -0.15) is 0 Å². The Balaban J connectivity index is 1.96. The number of aliphatic hydroxyl groups excluding tert-OH is 1. The summed E-state index contributed by atoms with van der Waals surface area (Å²) in [6, 6.07) is 13.3. The van der Waals surface area contributed by atoms with Crippen molar-refractivity contribution in [1.82, 2.24) is 15.3 Å². The summed E-state index contributed by atoms with van der Waals surface area (Å²) in [5.41, 5.74) is 3.32. The zero-order valence-electron chi connectivity index (χ0n) is 18.2. The SMILES string of the molecule is COc1cc(-c2nc(C(=O)NCCCO)cc3c2[nH]c2ccccc23)cc(OC)c1OC. The lowest BCUT2D eigenvalue weighted by Gasteiger charge is -2.15. The van der Waals surface area contributed by atoms with Crippen LogP contribution in [-0.4, -0.2) is 55.5 Å². The van der Waals surface area contributed by atoms with Crippen LogP contribution in [0.5, 0.6) is 17.2 Å². The van der Waals surface area contributed by atoms with Crippen LogP contribution in [0.4, 0.5) is 0 Å². The summed E-state index contributed by atoms with van der Waals surface area (Å²) >= 11 is 0. The van der Waals surface area contributed by atoms with Gasteiger partial charge in [-0.05, 0) is 30.7 Å². The Kier molecular flexibility index (Phi) is 6.13. The number of nitrogens with zero attached hydrogens (tertiary/aromatic N) is 1. The summed E-state index contributed by atoms with van der Waals surface area (Å²) in [4.78, 5) is 20.9. The first kappa shape index (κ1) is 21.5. The van der Waals surface area contributed by atoms with Crippen LogP contribution in [0.3, 0.4) is 0 Å². The smallest absolute Gasteiger partial charge is 0.269 e. The number of H-pyrrole nitrogens is 1. The van der Waals surface area contributed by atoms with E-state index in [1.54, 1.807) is 27.4 Å². The lowest BCUT2D eigenvalue weighted by Crippen LogP contribution is -2.26. The van der Waals surface area contributed by atoms with E-state index in [-0.39, 0.29) is 18.2 Å². The molecule has 0 atom stereocenters. The number of para-hydroxylation sites is 1. The monoisotopic (exact) mass is 435 g/mol. The number of carbonyl (C=O) groups is 1. The number of methoxy groups -OCH3 is 3. The van der Waals surface area contributed by atoms with Crippen molar-refractivity contribution in [2.24, 2.45) is 0 Å². The molecule has 0 saturated heterocycles. The lowest BCUT2D eigenvalue weighted by molar-refractivity contribution is 0.0946. The van der Waals surface area contributed by atoms with E-state index in [2.05, 4.69) is 10.3 Å². The molecule has 0 unspecified atom stereocenters. The third-order valence-corrected chi connectivity index (χ3v) is 5.29. The average Bonchev–Trinajstić information content (AvgIpc) is 3.21. The molecule has 0 bridgehead atoms. The van der Waals surface area contributed by atoms with Gasteiger partial charge in [-0.15, -0.1) is 0 Å². The van der Waals surface area contributed by atoms with Gasteiger partial charge in [0, 0.05) is 35.0 Å². The van der Waals surface area contributed by atoms with Crippen LogP contribution < -0.4 is 19.5 Å². The minimum Gasteiger partial charge on any atom is -0.493 e. The lowest BCUT2D eigenvalue weighted by atomic mass is 10.0. The first-order valence-electron chi connectivity index (χ1n) is 10.2. The molecule has 2 aromatic carbocycles. The molecule has 1 amide bonds. The van der Waals surface area contributed by atoms with E-state index in [0.717, 1.165) is 21.8 Å². The number of hydrogen-bond acceptors (Lipinski definition) is 6. The molecular weight excluding hydrogens is 410 g/mol. The minimum absolute atomic E-state index is 0.00583. The van der Waals surface area contributed by atoms with Crippen molar-refractivity contribution in [2.75, 3.05) is 34.5 Å². The number of carbonyl (C=O) groups excluding carboxylic acids is 1. The summed E-state index contributed by atoms with van der Waals surface area (Å²) in [5.74, 6) is 1.15. The van der Waals surface area contributed by atoms with Gasteiger partial charge in [0.25, 0.3) is 5.91 Å². The van der Waals surface area contributed by atoms with E-state index >= 15 is 0 Å². The van der Waals surface area contributed by atoms with Crippen LogP contribution in [0.2, 0.25) is 0 Å². The van der Waals surface area contributed by atoms with E-state index < -0.39 is 0 Å². The number of amides is 1. The molecule has 0 aliphatic rings. The van der Waals surface area contributed by atoms with Gasteiger partial charge in [0.15, 0.2) is 11.5 Å². The van der Waals surface area contributed by atoms with Gasteiger partial charge in [-0.1, -0.05) is 18.2 Å². The highest BCUT2D eigenvalue weighted by Crippen LogP contribution is 2.42. The van der Waals surface area contributed by atoms with Gasteiger partial charge < -0.3 is 29.6 Å². The molecule has 0 saturated carbocycles. The quantitative estimate of drug-likeness (QED) is 0.366. The third-order valence-electron chi connectivity index (χ3n) is 5.29. The summed E-state index contributed by atoms with van der Waals surface area (Å²) in [6.07, 6.45) is 0.473. The van der Waals surface area contributed by atoms with Gasteiger partial charge in [0.1, 0.15) is 5.69 Å². The van der Waals surface area contributed by atoms with Crippen molar-refractivity contribution >= 4 is 27.7 Å². The van der Waals surface area contributed by atoms with Crippen molar-refractivity contribution in [3.8, 4) is 28.5 Å². The second kappa shape index (κ2) is 9.15. The maximum Gasteiger partial charge on any atom is 0.269 e. The normalized spacial score (nSPS) is 11.0. The largest absolute Gasteiger partial charge is 0.493 e. The van der Waals surface area contributed by atoms with Gasteiger partial charge in [0.2, 0.25) is 5.75 Å². The van der Waals surface area contributed by atoms with E-state index in [9.17, 15) is 4.79 Å². The van der Waals surface area contributed by atoms with Crippen LogP contribution in [0.25, 0.3) is 33.1 Å². The number of pyridine rings is 1. The summed E-state index contributed by atoms with van der Waals surface area (Å²) in [5, 5.41) is 13.7. The van der Waals surface area contributed by atoms with E-state index in [4.69, 9.17) is 24.3 Å². The molecule has 0 aliphatic heterocycles. The van der Waals surface area contributed by atoms with Crippen molar-refractivity contribution in [3.63, 3.8) is 0 Å². The highest BCUT2D eigenvalue weighted by Gasteiger charge is 2.20. The molecule has 8 heteroatoms. The summed E-state index contributed by atoms with van der Waals surface area (Å²) in [6.45, 7) is 0.369. The first-order chi connectivity index (χ1) is 15.6. The number of benzene rings is 2. The number of rotatable bonds is 8. The molecule has 2 heterocycles. The number of fused-ring (bicyclic) bond motifs is 3. The van der Waals surface area contributed by atoms with Crippen LogP contribution in [0.1, 0.15) is 16.9 Å². The predicted octanol–water partition coefficient (Wildman–Crippen LogP) is 3.52. The van der Waals surface area contributed by atoms with Gasteiger partial charge in [0.05, 0.1) is 32.5 Å². The van der Waals surface area contributed by atoms with Crippen molar-refractivity contribution in [1.29, 1.82) is 0 Å². The molecule has 8 nitrogen and oxygen atoms in total. The Hall–Kier alpha value is -3.78. The van der Waals surface area contributed by atoms with Crippen LogP contribution >= 0.6 is 0 Å². The fourth-order valence-corrected chi connectivity index (χ4v) is 3.76. The van der Waals surface area contributed by atoms with Gasteiger partial charge >= 0.3 is 0 Å². The van der Waals surface area contributed by atoms with Crippen LogP contribution in [0, 0.1) is 0 Å². The third kappa shape index (κ3) is 3.80. The molecule has 0 radical (unpaired) electrons. The second-order valence-electron chi connectivity index (χ2n) is 7.20. The highest BCUT2D eigenvalue weighted by atomic mass is 16.5. The molecule has 0 fully saturated rings. The van der Waals surface area contributed by atoms with Gasteiger partial charge in [-0.3, -0.25) is 4.79 Å². The molecule has 3 N–H and O–H groups in total. The number of hydrogen-bond donors (Lipinski definition) is 3. The zero-order valence-corrected chi connectivity index (χ0v) is 18.2. The summed E-state index contributed by atoms with van der Waals surface area (Å²) in [7, 11) is 4.65. The second-order valence-corrected chi connectivity index (χ2v) is 7.20. The van der Waals surface area contributed by atoms with Crippen LogP contribution in [-0.2, 0) is 0 Å². The van der Waals surface area contributed by atoms with E-state index in [0.29, 0.717) is 41.5 Å². The number of aromatic nitrogens is 2. The van der Waals surface area contributed by atoms with E-state index in [1.807, 2.05) is 36.4 Å². The molecule has 4 rings (SSSR count). The summed E-state index contributed by atoms with van der Waals surface area (Å²) < 4.78 is 16.5. The zero-order chi connectivity index (χ0) is 22.7. The highest BCUT2D eigenvalue weighted by molar-refractivity contribution is 6.13. The number of ether oxygens (including phenoxy) is 3. The Morgan fingerprint density at radius 3 is 2.41 bits per heavy atom. The average molecular weight is 435 g/mol. The maximum absolute atomic E-state index is 12.8. The molecule has 0 spiro atoms. The Bertz CT molecular complexity index is 1260. The molecular formula is C24H25N3O5.